The Balaban J connectivity index is 1.69. The van der Waals surface area contributed by atoms with Gasteiger partial charge >= 0.3 is 0 Å². The molecule has 3 aliphatic rings. The lowest BCUT2D eigenvalue weighted by Gasteiger charge is -2.35. The van der Waals surface area contributed by atoms with Crippen molar-refractivity contribution in [1.82, 2.24) is 0 Å². The highest BCUT2D eigenvalue weighted by atomic mass is 16.7. The largest absolute Gasteiger partial charge is 0.353 e. The molecule has 0 radical (unpaired) electrons. The Bertz CT molecular complexity index is 283. The fourth-order valence-corrected chi connectivity index (χ4v) is 3.58. The second-order valence-electron chi connectivity index (χ2n) is 5.49. The summed E-state index contributed by atoms with van der Waals surface area (Å²) in [6, 6.07) is 0. The van der Waals surface area contributed by atoms with Gasteiger partial charge in [0.2, 0.25) is 0 Å². The zero-order chi connectivity index (χ0) is 11.0. The molecule has 90 valence electrons. The van der Waals surface area contributed by atoms with E-state index in [0.717, 1.165) is 32.3 Å². The van der Waals surface area contributed by atoms with Gasteiger partial charge in [0.25, 0.3) is 0 Å². The number of hydrogen-bond acceptors (Lipinski definition) is 3. The van der Waals surface area contributed by atoms with Gasteiger partial charge < -0.3 is 9.47 Å². The zero-order valence-electron chi connectivity index (χ0n) is 9.74. The summed E-state index contributed by atoms with van der Waals surface area (Å²) in [5.41, 5.74) is -0.140. The fraction of sp³-hybridized carbons (Fsp3) is 0.923. The molecule has 1 unspecified atom stereocenters. The molecule has 1 heterocycles. The average molecular weight is 224 g/mol. The normalized spacial score (nSPS) is 43.6. The van der Waals surface area contributed by atoms with Gasteiger partial charge in [-0.1, -0.05) is 6.42 Å². The standard InChI is InChI=1S/C13H20O3/c14-11-8-10-4-3-6-13(10,9-11)16-12-5-1-2-7-15-12/h10,12H,1-9H2/t10-,12?,13-/m0/s1. The topological polar surface area (TPSA) is 35.5 Å². The molecule has 0 aromatic heterocycles. The van der Waals surface area contributed by atoms with Gasteiger partial charge in [-0.05, 0) is 38.0 Å². The van der Waals surface area contributed by atoms with Crippen molar-refractivity contribution in [2.45, 2.75) is 63.3 Å². The predicted octanol–water partition coefficient (Wildman–Crippen LogP) is 2.43. The van der Waals surface area contributed by atoms with E-state index < -0.39 is 0 Å². The van der Waals surface area contributed by atoms with Crippen LogP contribution in [0.15, 0.2) is 0 Å². The molecule has 0 N–H and O–H groups in total. The predicted molar refractivity (Wildman–Crippen MR) is 59.0 cm³/mol. The second-order valence-corrected chi connectivity index (χ2v) is 5.49. The highest BCUT2D eigenvalue weighted by molar-refractivity contribution is 5.82. The van der Waals surface area contributed by atoms with E-state index in [1.54, 1.807) is 0 Å². The molecule has 3 atom stereocenters. The van der Waals surface area contributed by atoms with Crippen LogP contribution in [-0.2, 0) is 14.3 Å². The molecule has 3 fully saturated rings. The van der Waals surface area contributed by atoms with Crippen molar-refractivity contribution in [2.24, 2.45) is 5.92 Å². The third-order valence-electron chi connectivity index (χ3n) is 4.37. The van der Waals surface area contributed by atoms with Crippen LogP contribution >= 0.6 is 0 Å². The Morgan fingerprint density at radius 1 is 1.25 bits per heavy atom. The summed E-state index contributed by atoms with van der Waals surface area (Å²) >= 11 is 0. The minimum absolute atomic E-state index is 0.0414. The second kappa shape index (κ2) is 4.11. The summed E-state index contributed by atoms with van der Waals surface area (Å²) in [6.45, 7) is 0.819. The van der Waals surface area contributed by atoms with Crippen LogP contribution in [0.5, 0.6) is 0 Å². The molecule has 3 nitrogen and oxygen atoms in total. The Morgan fingerprint density at radius 3 is 3.00 bits per heavy atom. The minimum atomic E-state index is -0.140. The molecule has 0 amide bonds. The van der Waals surface area contributed by atoms with Gasteiger partial charge in [0, 0.05) is 19.4 Å². The van der Waals surface area contributed by atoms with Crippen LogP contribution in [0.1, 0.15) is 51.4 Å². The Kier molecular flexibility index (Phi) is 2.76. The molecule has 3 rings (SSSR count). The summed E-state index contributed by atoms with van der Waals surface area (Å²) in [5, 5.41) is 0. The van der Waals surface area contributed by atoms with Gasteiger partial charge in [-0.2, -0.15) is 0 Å². The van der Waals surface area contributed by atoms with Crippen molar-refractivity contribution in [2.75, 3.05) is 6.61 Å². The van der Waals surface area contributed by atoms with Crippen molar-refractivity contribution in [1.29, 1.82) is 0 Å². The molecule has 0 aromatic carbocycles. The SMILES string of the molecule is O=C1C[C@@H]2CCC[C@]2(OC2CCCCO2)C1. The van der Waals surface area contributed by atoms with Gasteiger partial charge in [0.15, 0.2) is 6.29 Å². The van der Waals surface area contributed by atoms with Crippen molar-refractivity contribution >= 4 is 5.78 Å². The number of carbonyl (C=O) groups is 1. The fourth-order valence-electron chi connectivity index (χ4n) is 3.58. The number of rotatable bonds is 2. The number of Topliss-reactive ketones (excluding diaryl/α,β-unsaturated/α-hetero) is 1. The van der Waals surface area contributed by atoms with Crippen LogP contribution in [0, 0.1) is 5.92 Å². The smallest absolute Gasteiger partial charge is 0.158 e. The first kappa shape index (κ1) is 10.7. The van der Waals surface area contributed by atoms with Crippen LogP contribution < -0.4 is 0 Å². The molecule has 0 spiro atoms. The molecule has 1 aliphatic heterocycles. The van der Waals surface area contributed by atoms with Gasteiger partial charge in [-0.25, -0.2) is 0 Å². The molecule has 16 heavy (non-hydrogen) atoms. The summed E-state index contributed by atoms with van der Waals surface area (Å²) in [7, 11) is 0. The van der Waals surface area contributed by atoms with E-state index in [1.807, 2.05) is 0 Å². The quantitative estimate of drug-likeness (QED) is 0.722. The maximum Gasteiger partial charge on any atom is 0.158 e. The molecule has 1 saturated heterocycles. The van der Waals surface area contributed by atoms with Gasteiger partial charge in [0.05, 0.1) is 5.60 Å². The van der Waals surface area contributed by atoms with Gasteiger partial charge in [0.1, 0.15) is 5.78 Å². The van der Waals surface area contributed by atoms with Crippen molar-refractivity contribution in [3.8, 4) is 0 Å². The van der Waals surface area contributed by atoms with Gasteiger partial charge in [-0.3, -0.25) is 4.79 Å². The maximum atomic E-state index is 11.6. The van der Waals surface area contributed by atoms with Gasteiger partial charge in [-0.15, -0.1) is 0 Å². The lowest BCUT2D eigenvalue weighted by atomic mass is 9.94. The minimum Gasteiger partial charge on any atom is -0.353 e. The Morgan fingerprint density at radius 2 is 2.19 bits per heavy atom. The highest BCUT2D eigenvalue weighted by Crippen LogP contribution is 2.49. The van der Waals surface area contributed by atoms with E-state index in [-0.39, 0.29) is 11.9 Å². The summed E-state index contributed by atoms with van der Waals surface area (Å²) in [5.74, 6) is 0.867. The monoisotopic (exact) mass is 224 g/mol. The van der Waals surface area contributed by atoms with Crippen LogP contribution in [0.4, 0.5) is 0 Å². The lowest BCUT2D eigenvalue weighted by Crippen LogP contribution is -2.39. The molecular formula is C13H20O3. The van der Waals surface area contributed by atoms with E-state index >= 15 is 0 Å². The third kappa shape index (κ3) is 1.80. The first-order valence-corrected chi connectivity index (χ1v) is 6.60. The number of fused-ring (bicyclic) bond motifs is 1. The first-order chi connectivity index (χ1) is 7.78. The van der Waals surface area contributed by atoms with E-state index in [4.69, 9.17) is 9.47 Å². The Labute approximate surface area is 96.5 Å². The number of hydrogen-bond donors (Lipinski definition) is 0. The van der Waals surface area contributed by atoms with Crippen LogP contribution in [0.25, 0.3) is 0 Å². The number of ketones is 1. The summed E-state index contributed by atoms with van der Waals surface area (Å²) < 4.78 is 11.8. The molecule has 0 aromatic rings. The van der Waals surface area contributed by atoms with E-state index in [1.165, 1.54) is 19.3 Å². The summed E-state index contributed by atoms with van der Waals surface area (Å²) in [4.78, 5) is 11.6. The van der Waals surface area contributed by atoms with Crippen molar-refractivity contribution < 1.29 is 14.3 Å². The summed E-state index contributed by atoms with van der Waals surface area (Å²) in [6.07, 6.45) is 8.12. The average Bonchev–Trinajstić information content (AvgIpc) is 2.74. The van der Waals surface area contributed by atoms with Crippen molar-refractivity contribution in [3.05, 3.63) is 0 Å². The number of carbonyl (C=O) groups excluding carboxylic acids is 1. The van der Waals surface area contributed by atoms with E-state index in [9.17, 15) is 4.79 Å². The molecule has 2 aliphatic carbocycles. The van der Waals surface area contributed by atoms with Crippen LogP contribution in [0.2, 0.25) is 0 Å². The zero-order valence-corrected chi connectivity index (χ0v) is 9.74. The number of ether oxygens (including phenoxy) is 2. The molecule has 2 saturated carbocycles. The molecular weight excluding hydrogens is 204 g/mol. The highest BCUT2D eigenvalue weighted by Gasteiger charge is 2.52. The maximum absolute atomic E-state index is 11.6. The first-order valence-electron chi connectivity index (χ1n) is 6.60. The van der Waals surface area contributed by atoms with Crippen molar-refractivity contribution in [3.63, 3.8) is 0 Å². The molecule has 3 heteroatoms. The van der Waals surface area contributed by atoms with E-state index in [0.29, 0.717) is 18.1 Å². The molecule has 0 bridgehead atoms. The van der Waals surface area contributed by atoms with Crippen LogP contribution in [0.3, 0.4) is 0 Å². The lowest BCUT2D eigenvalue weighted by molar-refractivity contribution is -0.229. The van der Waals surface area contributed by atoms with Crippen LogP contribution in [-0.4, -0.2) is 24.3 Å². The van der Waals surface area contributed by atoms with E-state index in [2.05, 4.69) is 0 Å². The Hall–Kier alpha value is -0.410. The third-order valence-corrected chi connectivity index (χ3v) is 4.37.